The molecule has 3 N–H and O–H groups in total. The molecular weight excluding hydrogens is 378 g/mol. The number of Topliss-reactive ketones (excluding diaryl/α,β-unsaturated/α-hetero) is 1. The summed E-state index contributed by atoms with van der Waals surface area (Å²) in [5.41, 5.74) is 4.23. The van der Waals surface area contributed by atoms with Gasteiger partial charge in [-0.3, -0.25) is 9.59 Å². The first kappa shape index (κ1) is 19.4. The van der Waals surface area contributed by atoms with E-state index < -0.39 is 0 Å². The van der Waals surface area contributed by atoms with Crippen molar-refractivity contribution in [1.82, 2.24) is 9.97 Å². The van der Waals surface area contributed by atoms with E-state index in [4.69, 9.17) is 0 Å². The summed E-state index contributed by atoms with van der Waals surface area (Å²) in [4.78, 5) is 32.4. The third-order valence-electron chi connectivity index (χ3n) is 4.84. The molecule has 0 saturated carbocycles. The number of benzene rings is 3. The van der Waals surface area contributed by atoms with Crippen molar-refractivity contribution in [3.05, 3.63) is 77.9 Å². The molecule has 150 valence electrons. The second-order valence-electron chi connectivity index (χ2n) is 7.41. The zero-order chi connectivity index (χ0) is 21.3. The molecule has 0 fully saturated rings. The van der Waals surface area contributed by atoms with E-state index in [2.05, 4.69) is 15.3 Å². The van der Waals surface area contributed by atoms with E-state index in [1.807, 2.05) is 44.2 Å². The number of amides is 1. The topological polar surface area (TPSA) is 95.1 Å². The van der Waals surface area contributed by atoms with Crippen molar-refractivity contribution in [2.45, 2.75) is 13.8 Å². The Kier molecular flexibility index (Phi) is 5.06. The van der Waals surface area contributed by atoms with Crippen molar-refractivity contribution in [2.75, 3.05) is 5.32 Å². The zero-order valence-electron chi connectivity index (χ0n) is 16.6. The van der Waals surface area contributed by atoms with Crippen LogP contribution in [-0.4, -0.2) is 26.8 Å². The van der Waals surface area contributed by atoms with Crippen LogP contribution >= 0.6 is 0 Å². The third kappa shape index (κ3) is 3.93. The fraction of sp³-hybridized carbons (Fsp3) is 0.125. The number of H-pyrrole nitrogens is 1. The highest BCUT2D eigenvalue weighted by Gasteiger charge is 2.13. The van der Waals surface area contributed by atoms with E-state index in [-0.39, 0.29) is 23.4 Å². The van der Waals surface area contributed by atoms with Crippen molar-refractivity contribution >= 4 is 28.4 Å². The Bertz CT molecular complexity index is 1220. The molecule has 0 spiro atoms. The van der Waals surface area contributed by atoms with Crippen LogP contribution in [-0.2, 0) is 0 Å². The molecule has 0 unspecified atom stereocenters. The molecule has 0 radical (unpaired) electrons. The summed E-state index contributed by atoms with van der Waals surface area (Å²) < 4.78 is 0. The van der Waals surface area contributed by atoms with Gasteiger partial charge in [0.05, 0.1) is 11.0 Å². The van der Waals surface area contributed by atoms with Gasteiger partial charge in [0, 0.05) is 28.3 Å². The lowest BCUT2D eigenvalue weighted by Gasteiger charge is -2.06. The fourth-order valence-corrected chi connectivity index (χ4v) is 3.16. The molecule has 4 aromatic rings. The second kappa shape index (κ2) is 7.83. The fourth-order valence-electron chi connectivity index (χ4n) is 3.16. The number of imidazole rings is 1. The highest BCUT2D eigenvalue weighted by molar-refractivity contribution is 6.04. The number of rotatable bonds is 5. The minimum Gasteiger partial charge on any atom is -0.508 e. The van der Waals surface area contributed by atoms with Crippen molar-refractivity contribution in [2.24, 2.45) is 5.92 Å². The zero-order valence-corrected chi connectivity index (χ0v) is 16.6. The first-order valence-corrected chi connectivity index (χ1v) is 9.65. The second-order valence-corrected chi connectivity index (χ2v) is 7.41. The van der Waals surface area contributed by atoms with E-state index in [0.29, 0.717) is 22.6 Å². The monoisotopic (exact) mass is 399 g/mol. The molecule has 1 heterocycles. The Labute approximate surface area is 173 Å². The summed E-state index contributed by atoms with van der Waals surface area (Å²) in [6.07, 6.45) is 0. The Hall–Kier alpha value is -3.93. The van der Waals surface area contributed by atoms with E-state index in [9.17, 15) is 14.7 Å². The van der Waals surface area contributed by atoms with Gasteiger partial charge < -0.3 is 15.4 Å². The predicted molar refractivity (Wildman–Crippen MR) is 117 cm³/mol. The van der Waals surface area contributed by atoms with E-state index >= 15 is 0 Å². The maximum atomic E-state index is 12.3. The van der Waals surface area contributed by atoms with Crippen LogP contribution in [0.2, 0.25) is 0 Å². The summed E-state index contributed by atoms with van der Waals surface area (Å²) in [6, 6.07) is 18.9. The molecule has 0 aliphatic heterocycles. The van der Waals surface area contributed by atoms with Crippen molar-refractivity contribution in [3.63, 3.8) is 0 Å². The van der Waals surface area contributed by atoms with Crippen LogP contribution in [0, 0.1) is 5.92 Å². The maximum Gasteiger partial charge on any atom is 0.255 e. The molecule has 3 aromatic carbocycles. The summed E-state index contributed by atoms with van der Waals surface area (Å²) in [7, 11) is 0. The molecule has 4 rings (SSSR count). The molecule has 0 atom stereocenters. The molecule has 6 nitrogen and oxygen atoms in total. The standard InChI is InChI=1S/C24H21N3O3/c1-14(2)22(29)17-7-12-20-21(13-17)27-23(26-20)15-3-8-18(9-4-15)25-24(30)16-5-10-19(28)11-6-16/h3-14,28H,1-2H3,(H,25,30)(H,26,27). The first-order chi connectivity index (χ1) is 14.4. The van der Waals surface area contributed by atoms with Gasteiger partial charge in [0.2, 0.25) is 0 Å². The van der Waals surface area contributed by atoms with Crippen molar-refractivity contribution in [1.29, 1.82) is 0 Å². The molecule has 0 aliphatic rings. The van der Waals surface area contributed by atoms with Crippen LogP contribution in [0.3, 0.4) is 0 Å². The number of carbonyl (C=O) groups is 2. The van der Waals surface area contributed by atoms with Gasteiger partial charge in [-0.2, -0.15) is 0 Å². The van der Waals surface area contributed by atoms with Gasteiger partial charge in [-0.05, 0) is 66.7 Å². The Morgan fingerprint density at radius 1 is 0.933 bits per heavy atom. The minimum atomic E-state index is -0.256. The lowest BCUT2D eigenvalue weighted by molar-refractivity contribution is 0.0939. The summed E-state index contributed by atoms with van der Waals surface area (Å²) in [5, 5.41) is 12.2. The van der Waals surface area contributed by atoms with Crippen LogP contribution in [0.5, 0.6) is 5.75 Å². The van der Waals surface area contributed by atoms with Gasteiger partial charge in [-0.15, -0.1) is 0 Å². The van der Waals surface area contributed by atoms with Crippen molar-refractivity contribution in [3.8, 4) is 17.1 Å². The third-order valence-corrected chi connectivity index (χ3v) is 4.84. The predicted octanol–water partition coefficient (Wildman–Crippen LogP) is 5.03. The van der Waals surface area contributed by atoms with Gasteiger partial charge >= 0.3 is 0 Å². The normalized spacial score (nSPS) is 11.0. The Morgan fingerprint density at radius 3 is 2.27 bits per heavy atom. The number of aromatic hydroxyl groups is 1. The molecule has 1 aromatic heterocycles. The number of fused-ring (bicyclic) bond motifs is 1. The first-order valence-electron chi connectivity index (χ1n) is 9.65. The SMILES string of the molecule is CC(C)C(=O)c1ccc2[nH]c(-c3ccc(NC(=O)c4ccc(O)cc4)cc3)nc2c1. The summed E-state index contributed by atoms with van der Waals surface area (Å²) in [5.74, 6) is 0.576. The highest BCUT2D eigenvalue weighted by Crippen LogP contribution is 2.24. The highest BCUT2D eigenvalue weighted by atomic mass is 16.3. The van der Waals surface area contributed by atoms with E-state index in [0.717, 1.165) is 16.6 Å². The lowest BCUT2D eigenvalue weighted by atomic mass is 10.0. The number of hydrogen-bond acceptors (Lipinski definition) is 4. The average Bonchev–Trinajstić information content (AvgIpc) is 3.17. The number of aromatic nitrogens is 2. The largest absolute Gasteiger partial charge is 0.508 e. The van der Waals surface area contributed by atoms with E-state index in [1.54, 1.807) is 24.3 Å². The van der Waals surface area contributed by atoms with Crippen LogP contribution in [0.1, 0.15) is 34.6 Å². The van der Waals surface area contributed by atoms with Gasteiger partial charge in [-0.25, -0.2) is 4.98 Å². The maximum absolute atomic E-state index is 12.3. The van der Waals surface area contributed by atoms with Gasteiger partial charge in [-0.1, -0.05) is 13.8 Å². The number of anilines is 1. The molecule has 0 aliphatic carbocycles. The number of phenols is 1. The number of nitrogens with zero attached hydrogens (tertiary/aromatic N) is 1. The summed E-state index contributed by atoms with van der Waals surface area (Å²) >= 11 is 0. The van der Waals surface area contributed by atoms with Crippen LogP contribution in [0.25, 0.3) is 22.4 Å². The Balaban J connectivity index is 1.53. The van der Waals surface area contributed by atoms with Crippen LogP contribution in [0.4, 0.5) is 5.69 Å². The molecular formula is C24H21N3O3. The molecule has 30 heavy (non-hydrogen) atoms. The van der Waals surface area contributed by atoms with Crippen LogP contribution < -0.4 is 5.32 Å². The average molecular weight is 399 g/mol. The van der Waals surface area contributed by atoms with Crippen molar-refractivity contribution < 1.29 is 14.7 Å². The number of hydrogen-bond donors (Lipinski definition) is 3. The quantitative estimate of drug-likeness (QED) is 0.410. The van der Waals surface area contributed by atoms with Gasteiger partial charge in [0.1, 0.15) is 11.6 Å². The van der Waals surface area contributed by atoms with Gasteiger partial charge in [0.25, 0.3) is 5.91 Å². The molecule has 0 bridgehead atoms. The van der Waals surface area contributed by atoms with Crippen LogP contribution in [0.15, 0.2) is 66.7 Å². The van der Waals surface area contributed by atoms with Gasteiger partial charge in [0.15, 0.2) is 5.78 Å². The van der Waals surface area contributed by atoms with E-state index in [1.165, 1.54) is 12.1 Å². The smallest absolute Gasteiger partial charge is 0.255 e. The molecule has 0 saturated heterocycles. The number of aromatic amines is 1. The minimum absolute atomic E-state index is 0.0646. The number of nitrogens with one attached hydrogen (secondary N) is 2. The molecule has 1 amide bonds. The number of phenolic OH excluding ortho intramolecular Hbond substituents is 1. The molecule has 6 heteroatoms. The lowest BCUT2D eigenvalue weighted by Crippen LogP contribution is -2.11. The number of carbonyl (C=O) groups excluding carboxylic acids is 2. The number of ketones is 1. The Morgan fingerprint density at radius 2 is 1.60 bits per heavy atom. The summed E-state index contributed by atoms with van der Waals surface area (Å²) in [6.45, 7) is 3.76.